The van der Waals surface area contributed by atoms with Gasteiger partial charge in [-0.25, -0.2) is 0 Å². The zero-order valence-electron chi connectivity index (χ0n) is 16.0. The van der Waals surface area contributed by atoms with Crippen molar-refractivity contribution >= 4 is 62.6 Å². The second-order valence-corrected chi connectivity index (χ2v) is 13.2. The van der Waals surface area contributed by atoms with Gasteiger partial charge < -0.3 is 10.2 Å². The molecule has 0 atom stereocenters. The molecule has 0 aliphatic heterocycles. The number of carbonyl (C=O) groups is 2. The van der Waals surface area contributed by atoms with E-state index < -0.39 is 5.20 Å². The van der Waals surface area contributed by atoms with E-state index in [1.807, 2.05) is 0 Å². The fourth-order valence-electron chi connectivity index (χ4n) is 2.07. The fraction of sp³-hybridized carbons (Fsp3) is 0.647. The minimum atomic E-state index is -3.22. The SMILES string of the molecule is CN(C)CO.O=C1CCCCC1.O=CC1=C(Cl)/C(=C/O)CCC1.O=P(Cl)(Cl)Cl. The molecule has 28 heavy (non-hydrogen) atoms. The Morgan fingerprint density at radius 2 is 1.50 bits per heavy atom. The topological polar surface area (TPSA) is 94.9 Å². The number of aliphatic hydroxyl groups excluding tert-OH is 2. The molecular formula is C17H28Cl4NO5P. The molecule has 1 fully saturated rings. The Morgan fingerprint density at radius 1 is 1.04 bits per heavy atom. The molecule has 2 aliphatic rings. The van der Waals surface area contributed by atoms with Crippen LogP contribution < -0.4 is 0 Å². The van der Waals surface area contributed by atoms with E-state index in [1.165, 1.54) is 6.42 Å². The Bertz CT molecular complexity index is 560. The van der Waals surface area contributed by atoms with Crippen LogP contribution in [0.25, 0.3) is 0 Å². The highest BCUT2D eigenvalue weighted by Crippen LogP contribution is 2.61. The van der Waals surface area contributed by atoms with E-state index in [4.69, 9.17) is 21.8 Å². The monoisotopic (exact) mass is 497 g/mol. The zero-order chi connectivity index (χ0) is 22.2. The summed E-state index contributed by atoms with van der Waals surface area (Å²) in [7, 11) is 3.61. The van der Waals surface area contributed by atoms with Crippen LogP contribution in [0.15, 0.2) is 22.4 Å². The minimum Gasteiger partial charge on any atom is -0.515 e. The maximum absolute atomic E-state index is 10.5. The van der Waals surface area contributed by atoms with Crippen molar-refractivity contribution in [1.29, 1.82) is 0 Å². The van der Waals surface area contributed by atoms with Gasteiger partial charge in [-0.2, -0.15) is 0 Å². The molecular weight excluding hydrogens is 471 g/mol. The molecule has 0 aromatic rings. The van der Waals surface area contributed by atoms with Crippen LogP contribution in [0.4, 0.5) is 0 Å². The van der Waals surface area contributed by atoms with Crippen molar-refractivity contribution in [3.05, 3.63) is 22.4 Å². The fourth-order valence-corrected chi connectivity index (χ4v) is 2.36. The van der Waals surface area contributed by atoms with Crippen molar-refractivity contribution in [2.75, 3.05) is 20.8 Å². The number of hydrogen-bond donors (Lipinski definition) is 2. The normalized spacial score (nSPS) is 18.3. The average molecular weight is 499 g/mol. The molecule has 0 saturated heterocycles. The Kier molecular flexibility index (Phi) is 19.1. The van der Waals surface area contributed by atoms with Crippen LogP contribution in [0.3, 0.4) is 0 Å². The highest BCUT2D eigenvalue weighted by molar-refractivity contribution is 8.24. The molecule has 0 heterocycles. The molecule has 0 unspecified atom stereocenters. The van der Waals surface area contributed by atoms with Gasteiger partial charge >= 0.3 is 5.20 Å². The van der Waals surface area contributed by atoms with Crippen molar-refractivity contribution in [1.82, 2.24) is 4.90 Å². The second-order valence-electron chi connectivity index (χ2n) is 6.18. The van der Waals surface area contributed by atoms with Gasteiger partial charge in [0.25, 0.3) is 0 Å². The van der Waals surface area contributed by atoms with Crippen molar-refractivity contribution < 1.29 is 24.4 Å². The van der Waals surface area contributed by atoms with E-state index in [1.54, 1.807) is 19.0 Å². The van der Waals surface area contributed by atoms with Gasteiger partial charge in [-0.15, -0.1) is 0 Å². The number of rotatable bonds is 2. The first-order valence-corrected chi connectivity index (χ1v) is 13.4. The van der Waals surface area contributed by atoms with Gasteiger partial charge in [0.05, 0.1) is 18.0 Å². The van der Waals surface area contributed by atoms with Crippen LogP contribution in [-0.2, 0) is 14.2 Å². The van der Waals surface area contributed by atoms with Crippen LogP contribution in [0, 0.1) is 0 Å². The molecule has 2 aliphatic carbocycles. The highest BCUT2D eigenvalue weighted by Gasteiger charge is 2.14. The van der Waals surface area contributed by atoms with Crippen LogP contribution >= 0.6 is 50.5 Å². The average Bonchev–Trinajstić information content (AvgIpc) is 2.62. The van der Waals surface area contributed by atoms with Gasteiger partial charge in [-0.1, -0.05) is 18.0 Å². The molecule has 0 spiro atoms. The predicted octanol–water partition coefficient (Wildman–Crippen LogP) is 6.13. The zero-order valence-corrected chi connectivity index (χ0v) is 20.0. The lowest BCUT2D eigenvalue weighted by atomic mass is 9.96. The lowest BCUT2D eigenvalue weighted by molar-refractivity contribution is -0.120. The third kappa shape index (κ3) is 20.7. The van der Waals surface area contributed by atoms with E-state index in [0.717, 1.165) is 57.5 Å². The molecule has 0 bridgehead atoms. The maximum atomic E-state index is 10.5. The van der Waals surface area contributed by atoms with Crippen molar-refractivity contribution in [2.24, 2.45) is 0 Å². The number of Topliss-reactive ketones (excluding diaryl/α,β-unsaturated/α-hetero) is 1. The van der Waals surface area contributed by atoms with E-state index >= 15 is 0 Å². The quantitative estimate of drug-likeness (QED) is 0.206. The summed E-state index contributed by atoms with van der Waals surface area (Å²) in [6, 6.07) is 0. The largest absolute Gasteiger partial charge is 0.515 e. The number of allylic oxidation sites excluding steroid dienone is 3. The molecule has 2 rings (SSSR count). The molecule has 1 saturated carbocycles. The number of hydrogen-bond acceptors (Lipinski definition) is 6. The molecule has 0 radical (unpaired) electrons. The highest BCUT2D eigenvalue weighted by atomic mass is 36.0. The molecule has 0 aromatic heterocycles. The Labute approximate surface area is 186 Å². The third-order valence-electron chi connectivity index (χ3n) is 3.45. The van der Waals surface area contributed by atoms with Crippen LogP contribution in [0.2, 0.25) is 0 Å². The van der Waals surface area contributed by atoms with E-state index in [2.05, 4.69) is 33.7 Å². The molecule has 2 N–H and O–H groups in total. The molecule has 11 heteroatoms. The van der Waals surface area contributed by atoms with Gasteiger partial charge in [0.15, 0.2) is 0 Å². The van der Waals surface area contributed by atoms with Crippen molar-refractivity contribution in [2.45, 2.75) is 51.4 Å². The first-order chi connectivity index (χ1) is 13.0. The molecule has 164 valence electrons. The summed E-state index contributed by atoms with van der Waals surface area (Å²) in [5, 5.41) is 14.0. The molecule has 0 amide bonds. The Morgan fingerprint density at radius 3 is 1.79 bits per heavy atom. The van der Waals surface area contributed by atoms with Crippen molar-refractivity contribution in [3.63, 3.8) is 0 Å². The van der Waals surface area contributed by atoms with E-state index in [-0.39, 0.29) is 6.73 Å². The maximum Gasteiger partial charge on any atom is 0.339 e. The Balaban J connectivity index is 0. The summed E-state index contributed by atoms with van der Waals surface area (Å²) in [4.78, 5) is 22.5. The van der Waals surface area contributed by atoms with Crippen LogP contribution in [0.5, 0.6) is 0 Å². The number of aliphatic hydroxyl groups is 2. The van der Waals surface area contributed by atoms with Crippen LogP contribution in [-0.4, -0.2) is 48.0 Å². The summed E-state index contributed by atoms with van der Waals surface area (Å²) < 4.78 is 9.51. The smallest absolute Gasteiger partial charge is 0.339 e. The predicted molar refractivity (Wildman–Crippen MR) is 118 cm³/mol. The minimum absolute atomic E-state index is 0.139. The number of ketones is 1. The van der Waals surface area contributed by atoms with Gasteiger partial charge in [-0.05, 0) is 79.9 Å². The lowest BCUT2D eigenvalue weighted by Gasteiger charge is -2.13. The number of aldehydes is 1. The Hall–Kier alpha value is -0.0700. The first kappa shape index (κ1) is 30.1. The molecule has 6 nitrogen and oxygen atoms in total. The van der Waals surface area contributed by atoms with Crippen molar-refractivity contribution in [3.8, 4) is 0 Å². The second kappa shape index (κ2) is 17.8. The van der Waals surface area contributed by atoms with Gasteiger partial charge in [0.2, 0.25) is 0 Å². The van der Waals surface area contributed by atoms with Gasteiger partial charge in [-0.3, -0.25) is 19.1 Å². The van der Waals surface area contributed by atoms with Gasteiger partial charge in [0.1, 0.15) is 12.1 Å². The number of nitrogens with zero attached hydrogens (tertiary/aromatic N) is 1. The lowest BCUT2D eigenvalue weighted by Crippen LogP contribution is -2.11. The summed E-state index contributed by atoms with van der Waals surface area (Å²) in [5.41, 5.74) is 1.26. The standard InChI is InChI=1S/C8H9ClO2.C6H10O.C3H9NO.Cl3OP/c9-8-6(4-10)2-1-3-7(8)5-11;7-6-4-2-1-3-5-6;1-4(2)3-5;1-5(2,3)4/h4-5,10H,1-3H2;1-5H2;5H,3H2,1-2H3;/b6-4+;;;. The summed E-state index contributed by atoms with van der Waals surface area (Å²) in [5.74, 6) is 0.464. The summed E-state index contributed by atoms with van der Waals surface area (Å²) >= 11 is 19.6. The number of halogens is 4. The summed E-state index contributed by atoms with van der Waals surface area (Å²) in [6.45, 7) is 0.139. The number of carbonyl (C=O) groups excluding carboxylic acids is 2. The third-order valence-corrected chi connectivity index (χ3v) is 3.93. The van der Waals surface area contributed by atoms with E-state index in [9.17, 15) is 14.2 Å². The summed E-state index contributed by atoms with van der Waals surface area (Å²) in [6.07, 6.45) is 9.34. The van der Waals surface area contributed by atoms with E-state index in [0.29, 0.717) is 22.0 Å². The molecule has 0 aromatic carbocycles. The first-order valence-electron chi connectivity index (χ1n) is 8.60. The van der Waals surface area contributed by atoms with Gasteiger partial charge in [0, 0.05) is 24.0 Å². The van der Waals surface area contributed by atoms with Crippen LogP contribution in [0.1, 0.15) is 51.4 Å².